The molecule has 0 saturated heterocycles. The summed E-state index contributed by atoms with van der Waals surface area (Å²) in [5, 5.41) is 12.0. The van der Waals surface area contributed by atoms with Crippen LogP contribution in [0.1, 0.15) is 37.0 Å². The number of nitrogens with one attached hydrogen (secondary N) is 1. The Kier molecular flexibility index (Phi) is 4.72. The minimum atomic E-state index is 0.861. The number of rotatable bonds is 5. The fraction of sp³-hybridized carbons (Fsp3) is 0.412. The van der Waals surface area contributed by atoms with E-state index in [0.29, 0.717) is 0 Å². The average Bonchev–Trinajstić information content (AvgIpc) is 2.45. The first-order chi connectivity index (χ1) is 9.67. The van der Waals surface area contributed by atoms with E-state index in [1.54, 1.807) is 0 Å². The van der Waals surface area contributed by atoms with E-state index in [1.165, 1.54) is 16.7 Å². The smallest absolute Gasteiger partial charge is 0.151 e. The van der Waals surface area contributed by atoms with Gasteiger partial charge in [-0.1, -0.05) is 31.5 Å². The van der Waals surface area contributed by atoms with E-state index in [2.05, 4.69) is 67.5 Å². The summed E-state index contributed by atoms with van der Waals surface area (Å²) >= 11 is 0. The Balaban J connectivity index is 2.42. The minimum absolute atomic E-state index is 0.861. The highest BCUT2D eigenvalue weighted by molar-refractivity contribution is 5.67. The lowest BCUT2D eigenvalue weighted by molar-refractivity contribution is 0.921. The molecule has 20 heavy (non-hydrogen) atoms. The molecule has 1 aromatic heterocycles. The first kappa shape index (κ1) is 14.5. The summed E-state index contributed by atoms with van der Waals surface area (Å²) in [5.74, 6) is 0.887. The van der Waals surface area contributed by atoms with E-state index in [-0.39, 0.29) is 0 Å². The molecule has 2 aromatic rings. The van der Waals surface area contributed by atoms with Crippen molar-refractivity contribution >= 4 is 5.82 Å². The molecule has 0 saturated carbocycles. The van der Waals surface area contributed by atoms with E-state index in [9.17, 15) is 0 Å². The molecule has 0 atom stereocenters. The summed E-state index contributed by atoms with van der Waals surface area (Å²) in [6.45, 7) is 9.35. The largest absolute Gasteiger partial charge is 0.369 e. The molecule has 3 heteroatoms. The Labute approximate surface area is 121 Å². The highest BCUT2D eigenvalue weighted by atomic mass is 15.2. The molecule has 1 heterocycles. The molecule has 106 valence electrons. The molecular weight excluding hydrogens is 246 g/mol. The quantitative estimate of drug-likeness (QED) is 0.886. The molecule has 0 bridgehead atoms. The van der Waals surface area contributed by atoms with Crippen LogP contribution in [0.3, 0.4) is 0 Å². The molecule has 0 aliphatic rings. The monoisotopic (exact) mass is 269 g/mol. The lowest BCUT2D eigenvalue weighted by atomic mass is 10.0. The number of nitrogens with zero attached hydrogens (tertiary/aromatic N) is 2. The molecule has 1 aromatic carbocycles. The highest BCUT2D eigenvalue weighted by Gasteiger charge is 2.11. The first-order valence-electron chi connectivity index (χ1n) is 7.34. The molecule has 0 amide bonds. The maximum Gasteiger partial charge on any atom is 0.151 e. The van der Waals surface area contributed by atoms with Gasteiger partial charge in [0.15, 0.2) is 5.82 Å². The zero-order valence-corrected chi connectivity index (χ0v) is 12.8. The van der Waals surface area contributed by atoms with E-state index in [0.717, 1.165) is 36.5 Å². The molecule has 3 nitrogen and oxygen atoms in total. The molecule has 0 fully saturated rings. The van der Waals surface area contributed by atoms with Gasteiger partial charge in [0, 0.05) is 12.1 Å². The van der Waals surface area contributed by atoms with Crippen LogP contribution in [0.4, 0.5) is 5.82 Å². The number of anilines is 1. The summed E-state index contributed by atoms with van der Waals surface area (Å²) in [5.41, 5.74) is 5.89. The van der Waals surface area contributed by atoms with Crippen LogP contribution in [0, 0.1) is 13.8 Å². The second-order valence-corrected chi connectivity index (χ2v) is 5.13. The van der Waals surface area contributed by atoms with Crippen molar-refractivity contribution < 1.29 is 0 Å². The Morgan fingerprint density at radius 2 is 1.85 bits per heavy atom. The van der Waals surface area contributed by atoms with E-state index in [4.69, 9.17) is 0 Å². The van der Waals surface area contributed by atoms with Gasteiger partial charge >= 0.3 is 0 Å². The van der Waals surface area contributed by atoms with Crippen LogP contribution in [-0.2, 0) is 6.42 Å². The van der Waals surface area contributed by atoms with Gasteiger partial charge in [0.05, 0.1) is 5.69 Å². The standard InChI is InChI=1S/C17H23N3/c1-5-8-14-9-7-10-15(11-14)16-12(3)13(4)17(18-6-2)20-19-16/h7,9-11H,5-6,8H2,1-4H3,(H,18,20). The molecule has 0 aliphatic carbocycles. The SMILES string of the molecule is CCCc1cccc(-c2nnc(NCC)c(C)c2C)c1. The first-order valence-corrected chi connectivity index (χ1v) is 7.34. The van der Waals surface area contributed by atoms with Gasteiger partial charge in [-0.2, -0.15) is 0 Å². The van der Waals surface area contributed by atoms with Crippen molar-refractivity contribution in [1.82, 2.24) is 10.2 Å². The third kappa shape index (κ3) is 2.98. The van der Waals surface area contributed by atoms with Gasteiger partial charge in [0.2, 0.25) is 0 Å². The second kappa shape index (κ2) is 6.51. The predicted molar refractivity (Wildman–Crippen MR) is 85.1 cm³/mol. The summed E-state index contributed by atoms with van der Waals surface area (Å²) in [7, 11) is 0. The Hall–Kier alpha value is -1.90. The molecule has 0 radical (unpaired) electrons. The van der Waals surface area contributed by atoms with Gasteiger partial charge in [-0.3, -0.25) is 0 Å². The minimum Gasteiger partial charge on any atom is -0.369 e. The van der Waals surface area contributed by atoms with E-state index >= 15 is 0 Å². The lowest BCUT2D eigenvalue weighted by Crippen LogP contribution is -2.06. The highest BCUT2D eigenvalue weighted by Crippen LogP contribution is 2.26. The molecule has 2 rings (SSSR count). The van der Waals surface area contributed by atoms with Crippen LogP contribution < -0.4 is 5.32 Å². The van der Waals surface area contributed by atoms with Crippen molar-refractivity contribution in [2.75, 3.05) is 11.9 Å². The normalized spacial score (nSPS) is 10.6. The summed E-state index contributed by atoms with van der Waals surface area (Å²) in [4.78, 5) is 0. The Morgan fingerprint density at radius 1 is 1.05 bits per heavy atom. The summed E-state index contributed by atoms with van der Waals surface area (Å²) in [6.07, 6.45) is 2.27. The average molecular weight is 269 g/mol. The van der Waals surface area contributed by atoms with Crippen molar-refractivity contribution in [2.45, 2.75) is 40.5 Å². The predicted octanol–water partition coefficient (Wildman–Crippen LogP) is 4.14. The third-order valence-electron chi connectivity index (χ3n) is 3.61. The molecule has 0 aliphatic heterocycles. The number of aryl methyl sites for hydroxylation is 1. The molecule has 0 unspecified atom stereocenters. The van der Waals surface area contributed by atoms with Crippen LogP contribution in [0.2, 0.25) is 0 Å². The second-order valence-electron chi connectivity index (χ2n) is 5.13. The summed E-state index contributed by atoms with van der Waals surface area (Å²) < 4.78 is 0. The Bertz CT molecular complexity index is 591. The van der Waals surface area contributed by atoms with Crippen molar-refractivity contribution in [3.63, 3.8) is 0 Å². The van der Waals surface area contributed by atoms with Gasteiger partial charge in [0.25, 0.3) is 0 Å². The third-order valence-corrected chi connectivity index (χ3v) is 3.61. The maximum absolute atomic E-state index is 4.42. The zero-order chi connectivity index (χ0) is 14.5. The maximum atomic E-state index is 4.42. The molecular formula is C17H23N3. The van der Waals surface area contributed by atoms with Gasteiger partial charge in [-0.15, -0.1) is 10.2 Å². The molecule has 1 N–H and O–H groups in total. The van der Waals surface area contributed by atoms with Crippen molar-refractivity contribution in [3.05, 3.63) is 41.0 Å². The van der Waals surface area contributed by atoms with Crippen LogP contribution in [-0.4, -0.2) is 16.7 Å². The van der Waals surface area contributed by atoms with Gasteiger partial charge < -0.3 is 5.32 Å². The zero-order valence-electron chi connectivity index (χ0n) is 12.8. The van der Waals surface area contributed by atoms with Gasteiger partial charge in [-0.25, -0.2) is 0 Å². The van der Waals surface area contributed by atoms with E-state index in [1.807, 2.05) is 0 Å². The number of aromatic nitrogens is 2. The fourth-order valence-corrected chi connectivity index (χ4v) is 2.38. The lowest BCUT2D eigenvalue weighted by Gasteiger charge is -2.12. The van der Waals surface area contributed by atoms with Crippen molar-refractivity contribution in [3.8, 4) is 11.3 Å². The number of hydrogen-bond donors (Lipinski definition) is 1. The van der Waals surface area contributed by atoms with Crippen LogP contribution in [0.5, 0.6) is 0 Å². The topological polar surface area (TPSA) is 37.8 Å². The van der Waals surface area contributed by atoms with Crippen molar-refractivity contribution in [1.29, 1.82) is 0 Å². The van der Waals surface area contributed by atoms with Gasteiger partial charge in [-0.05, 0) is 49.9 Å². The van der Waals surface area contributed by atoms with Crippen LogP contribution in [0.15, 0.2) is 24.3 Å². The van der Waals surface area contributed by atoms with Gasteiger partial charge in [0.1, 0.15) is 0 Å². The Morgan fingerprint density at radius 3 is 2.55 bits per heavy atom. The van der Waals surface area contributed by atoms with E-state index < -0.39 is 0 Å². The van der Waals surface area contributed by atoms with Crippen molar-refractivity contribution in [2.24, 2.45) is 0 Å². The fourth-order valence-electron chi connectivity index (χ4n) is 2.38. The summed E-state index contributed by atoms with van der Waals surface area (Å²) in [6, 6.07) is 8.63. The van der Waals surface area contributed by atoms with Crippen LogP contribution in [0.25, 0.3) is 11.3 Å². The van der Waals surface area contributed by atoms with Crippen LogP contribution >= 0.6 is 0 Å². The molecule has 0 spiro atoms. The number of hydrogen-bond acceptors (Lipinski definition) is 3. The number of benzene rings is 1.